The van der Waals surface area contributed by atoms with Crippen molar-refractivity contribution in [2.24, 2.45) is 0 Å². The van der Waals surface area contributed by atoms with Gasteiger partial charge in [-0.2, -0.15) is 0 Å². The molecule has 0 amide bonds. The molecule has 2 rings (SSSR count). The predicted molar refractivity (Wildman–Crippen MR) is 81.4 cm³/mol. The molecule has 1 aliphatic heterocycles. The van der Waals surface area contributed by atoms with Crippen LogP contribution in [0.3, 0.4) is 0 Å². The van der Waals surface area contributed by atoms with Crippen LogP contribution in [0.2, 0.25) is 0 Å². The summed E-state index contributed by atoms with van der Waals surface area (Å²) in [6.07, 6.45) is 0.953. The zero-order chi connectivity index (χ0) is 14.9. The predicted octanol–water partition coefficient (Wildman–Crippen LogP) is 2.49. The lowest BCUT2D eigenvalue weighted by Crippen LogP contribution is -2.41. The number of phenols is 1. The first-order valence-corrected chi connectivity index (χ1v) is 7.15. The Hall–Kier alpha value is -1.26. The third-order valence-electron chi connectivity index (χ3n) is 3.86. The van der Waals surface area contributed by atoms with Crippen LogP contribution in [-0.2, 0) is 0 Å². The number of benzene rings is 1. The first-order valence-electron chi connectivity index (χ1n) is 7.15. The van der Waals surface area contributed by atoms with E-state index in [1.54, 1.807) is 12.1 Å². The maximum absolute atomic E-state index is 9.66. The van der Waals surface area contributed by atoms with E-state index >= 15 is 0 Å². The molecule has 1 aromatic carbocycles. The van der Waals surface area contributed by atoms with E-state index in [2.05, 4.69) is 44.8 Å². The van der Waals surface area contributed by atoms with Gasteiger partial charge in [-0.25, -0.2) is 0 Å². The highest BCUT2D eigenvalue weighted by molar-refractivity contribution is 5.44. The van der Waals surface area contributed by atoms with E-state index in [4.69, 9.17) is 4.74 Å². The molecule has 1 aromatic rings. The SMILES string of the molecule is CN(C)CCN(C)C1CC(C)(C)Oc2cc(O)ccc21. The Balaban J connectivity index is 2.24. The van der Waals surface area contributed by atoms with Crippen LogP contribution in [0.4, 0.5) is 0 Å². The van der Waals surface area contributed by atoms with Gasteiger partial charge in [-0.15, -0.1) is 0 Å². The van der Waals surface area contributed by atoms with Crippen LogP contribution in [0.25, 0.3) is 0 Å². The second kappa shape index (κ2) is 5.62. The second-order valence-corrected chi connectivity index (χ2v) is 6.59. The minimum atomic E-state index is -0.210. The summed E-state index contributed by atoms with van der Waals surface area (Å²) in [5.74, 6) is 1.07. The number of likely N-dealkylation sites (N-methyl/N-ethyl adjacent to an activating group) is 2. The summed E-state index contributed by atoms with van der Waals surface area (Å²) in [7, 11) is 6.34. The van der Waals surface area contributed by atoms with E-state index in [1.807, 2.05) is 6.07 Å². The molecule has 112 valence electrons. The molecular formula is C16H26N2O2. The Kier molecular flexibility index (Phi) is 4.25. The molecule has 0 aliphatic carbocycles. The molecule has 0 saturated heterocycles. The summed E-state index contributed by atoms with van der Waals surface area (Å²) in [6.45, 7) is 6.25. The average molecular weight is 278 g/mol. The molecule has 0 spiro atoms. The van der Waals surface area contributed by atoms with Crippen molar-refractivity contribution in [3.8, 4) is 11.5 Å². The van der Waals surface area contributed by atoms with E-state index in [0.717, 1.165) is 25.3 Å². The van der Waals surface area contributed by atoms with Crippen LogP contribution in [0.15, 0.2) is 18.2 Å². The Bertz CT molecular complexity index is 472. The minimum Gasteiger partial charge on any atom is -0.508 e. The average Bonchev–Trinajstić information content (AvgIpc) is 2.33. The fourth-order valence-corrected chi connectivity index (χ4v) is 2.71. The van der Waals surface area contributed by atoms with E-state index < -0.39 is 0 Å². The van der Waals surface area contributed by atoms with E-state index in [0.29, 0.717) is 6.04 Å². The van der Waals surface area contributed by atoms with Crippen molar-refractivity contribution in [1.29, 1.82) is 0 Å². The third kappa shape index (κ3) is 3.44. The monoisotopic (exact) mass is 278 g/mol. The number of hydrogen-bond donors (Lipinski definition) is 1. The molecule has 1 N–H and O–H groups in total. The maximum Gasteiger partial charge on any atom is 0.128 e. The normalized spacial score (nSPS) is 20.9. The largest absolute Gasteiger partial charge is 0.508 e. The lowest BCUT2D eigenvalue weighted by atomic mass is 9.88. The number of phenolic OH excluding ortho intramolecular Hbond substituents is 1. The summed E-state index contributed by atoms with van der Waals surface area (Å²) in [5.41, 5.74) is 0.959. The standard InChI is InChI=1S/C16H26N2O2/c1-16(2)11-14(18(5)9-8-17(3)4)13-7-6-12(19)10-15(13)20-16/h6-7,10,14,19H,8-9,11H2,1-5H3. The molecule has 4 nitrogen and oxygen atoms in total. The van der Waals surface area contributed by atoms with Gasteiger partial charge >= 0.3 is 0 Å². The molecule has 0 fully saturated rings. The summed E-state index contributed by atoms with van der Waals surface area (Å²) in [5, 5.41) is 9.66. The van der Waals surface area contributed by atoms with Crippen LogP contribution in [0, 0.1) is 0 Å². The lowest BCUT2D eigenvalue weighted by molar-refractivity contribution is 0.0357. The second-order valence-electron chi connectivity index (χ2n) is 6.59. The number of aromatic hydroxyl groups is 1. The van der Waals surface area contributed by atoms with E-state index in [9.17, 15) is 5.11 Å². The van der Waals surface area contributed by atoms with Gasteiger partial charge in [-0.1, -0.05) is 6.07 Å². The van der Waals surface area contributed by atoms with Gasteiger partial charge < -0.3 is 14.7 Å². The van der Waals surface area contributed by atoms with Crippen molar-refractivity contribution in [3.05, 3.63) is 23.8 Å². The van der Waals surface area contributed by atoms with Crippen molar-refractivity contribution >= 4 is 0 Å². The Morgan fingerprint density at radius 1 is 1.25 bits per heavy atom. The van der Waals surface area contributed by atoms with E-state index in [1.165, 1.54) is 5.56 Å². The quantitative estimate of drug-likeness (QED) is 0.918. The zero-order valence-electron chi connectivity index (χ0n) is 13.2. The number of hydrogen-bond acceptors (Lipinski definition) is 4. The smallest absolute Gasteiger partial charge is 0.128 e. The van der Waals surface area contributed by atoms with Crippen LogP contribution in [0.5, 0.6) is 11.5 Å². The molecular weight excluding hydrogens is 252 g/mol. The maximum atomic E-state index is 9.66. The zero-order valence-corrected chi connectivity index (χ0v) is 13.2. The Labute approximate surface area is 122 Å². The third-order valence-corrected chi connectivity index (χ3v) is 3.86. The highest BCUT2D eigenvalue weighted by Crippen LogP contribution is 2.43. The van der Waals surface area contributed by atoms with Crippen LogP contribution in [-0.4, -0.2) is 54.7 Å². The summed E-state index contributed by atoms with van der Waals surface area (Å²) in [6, 6.07) is 5.78. The van der Waals surface area contributed by atoms with Crippen molar-refractivity contribution in [1.82, 2.24) is 9.80 Å². The van der Waals surface area contributed by atoms with Crippen molar-refractivity contribution < 1.29 is 9.84 Å². The van der Waals surface area contributed by atoms with Crippen LogP contribution in [0.1, 0.15) is 31.9 Å². The van der Waals surface area contributed by atoms with E-state index in [-0.39, 0.29) is 11.4 Å². The molecule has 0 aromatic heterocycles. The van der Waals surface area contributed by atoms with Gasteiger partial charge in [0.25, 0.3) is 0 Å². The van der Waals surface area contributed by atoms with Gasteiger partial charge in [0, 0.05) is 37.2 Å². The molecule has 0 radical (unpaired) electrons. The molecule has 1 atom stereocenters. The number of rotatable bonds is 4. The fraction of sp³-hybridized carbons (Fsp3) is 0.625. The molecule has 1 aliphatic rings. The molecule has 1 unspecified atom stereocenters. The first kappa shape index (κ1) is 15.1. The molecule has 1 heterocycles. The molecule has 0 bridgehead atoms. The first-order chi connectivity index (χ1) is 9.28. The van der Waals surface area contributed by atoms with Crippen LogP contribution < -0.4 is 4.74 Å². The molecule has 20 heavy (non-hydrogen) atoms. The van der Waals surface area contributed by atoms with Crippen molar-refractivity contribution in [2.45, 2.75) is 31.9 Å². The Morgan fingerprint density at radius 2 is 1.95 bits per heavy atom. The topological polar surface area (TPSA) is 35.9 Å². The lowest BCUT2D eigenvalue weighted by Gasteiger charge is -2.41. The van der Waals surface area contributed by atoms with Crippen LogP contribution >= 0.6 is 0 Å². The molecule has 4 heteroatoms. The highest BCUT2D eigenvalue weighted by atomic mass is 16.5. The summed E-state index contributed by atoms with van der Waals surface area (Å²) >= 11 is 0. The highest BCUT2D eigenvalue weighted by Gasteiger charge is 2.35. The van der Waals surface area contributed by atoms with Gasteiger partial charge in [0.15, 0.2) is 0 Å². The Morgan fingerprint density at radius 3 is 2.60 bits per heavy atom. The summed E-state index contributed by atoms with van der Waals surface area (Å²) in [4.78, 5) is 4.57. The van der Waals surface area contributed by atoms with Crippen molar-refractivity contribution in [3.63, 3.8) is 0 Å². The summed E-state index contributed by atoms with van der Waals surface area (Å²) < 4.78 is 6.01. The minimum absolute atomic E-state index is 0.210. The van der Waals surface area contributed by atoms with Gasteiger partial charge in [-0.05, 0) is 41.1 Å². The van der Waals surface area contributed by atoms with Crippen molar-refractivity contribution in [2.75, 3.05) is 34.2 Å². The van der Waals surface area contributed by atoms with Gasteiger partial charge in [0.1, 0.15) is 17.1 Å². The number of ether oxygens (including phenoxy) is 1. The fourth-order valence-electron chi connectivity index (χ4n) is 2.71. The van der Waals surface area contributed by atoms with Gasteiger partial charge in [-0.3, -0.25) is 4.90 Å². The molecule has 0 saturated carbocycles. The van der Waals surface area contributed by atoms with Gasteiger partial charge in [0.05, 0.1) is 0 Å². The number of nitrogens with zero attached hydrogens (tertiary/aromatic N) is 2. The van der Waals surface area contributed by atoms with Gasteiger partial charge in [0.2, 0.25) is 0 Å². The number of fused-ring (bicyclic) bond motifs is 1.